The number of nitrogens with zero attached hydrogens (tertiary/aromatic N) is 2. The number of para-hydroxylation sites is 3. The third kappa shape index (κ3) is 6.17. The molecule has 3 nitrogen and oxygen atoms in total. The average Bonchev–Trinajstić information content (AvgIpc) is 3.64. The van der Waals surface area contributed by atoms with Crippen molar-refractivity contribution in [2.45, 2.75) is 11.5 Å². The molecule has 62 heavy (non-hydrogen) atoms. The lowest BCUT2D eigenvalue weighted by molar-refractivity contribution is 0.753. The van der Waals surface area contributed by atoms with Crippen LogP contribution in [0.4, 0.5) is 17.1 Å². The van der Waals surface area contributed by atoms with E-state index in [0.29, 0.717) is 5.70 Å². The molecule has 0 fully saturated rings. The van der Waals surface area contributed by atoms with Gasteiger partial charge < -0.3 is 10.6 Å². The Morgan fingerprint density at radius 1 is 0.452 bits per heavy atom. The van der Waals surface area contributed by atoms with E-state index in [9.17, 15) is 0 Å². The van der Waals surface area contributed by atoms with Crippen LogP contribution in [0.1, 0.15) is 45.0 Å². The van der Waals surface area contributed by atoms with Gasteiger partial charge >= 0.3 is 0 Å². The van der Waals surface area contributed by atoms with Gasteiger partial charge in [0.1, 0.15) is 0 Å². The monoisotopic (exact) mass is 793 g/mol. The van der Waals surface area contributed by atoms with E-state index in [4.69, 9.17) is 10.7 Å². The molecule has 0 bridgehead atoms. The van der Waals surface area contributed by atoms with Gasteiger partial charge in [-0.05, 0) is 109 Å². The van der Waals surface area contributed by atoms with Crippen molar-refractivity contribution in [1.82, 2.24) is 0 Å². The van der Waals surface area contributed by atoms with Gasteiger partial charge in [-0.15, -0.1) is 0 Å². The number of benzene rings is 9. The second-order valence-corrected chi connectivity index (χ2v) is 16.0. The highest BCUT2D eigenvalue weighted by Gasteiger charge is 2.51. The number of aliphatic imine (C=N–C) groups is 1. The smallest absolute Gasteiger partial charge is 0.0959 e. The summed E-state index contributed by atoms with van der Waals surface area (Å²) in [5.74, 6) is 0. The molecule has 0 saturated heterocycles. The highest BCUT2D eigenvalue weighted by Crippen LogP contribution is 2.63. The van der Waals surface area contributed by atoms with Crippen molar-refractivity contribution < 1.29 is 0 Å². The van der Waals surface area contributed by atoms with Crippen molar-refractivity contribution in [2.75, 3.05) is 4.90 Å². The van der Waals surface area contributed by atoms with Gasteiger partial charge in [-0.3, -0.25) is 4.99 Å². The predicted molar refractivity (Wildman–Crippen MR) is 258 cm³/mol. The summed E-state index contributed by atoms with van der Waals surface area (Å²) in [6.07, 6.45) is 4.07. The summed E-state index contributed by atoms with van der Waals surface area (Å²) in [5, 5.41) is 0. The minimum absolute atomic E-state index is 0.366. The molecule has 3 heteroatoms. The fourth-order valence-electron chi connectivity index (χ4n) is 9.82. The second-order valence-electron chi connectivity index (χ2n) is 16.0. The zero-order valence-electron chi connectivity index (χ0n) is 34.1. The standard InChI is InChI=1S/C59H43N3/c60-55(44-34-32-43(33-35-44)42-20-6-2-7-21-42)39-56(61-40-41-18-4-1-5-19-41)50-26-11-10-24-47(50)45-36-37-49-48-25-12-13-27-51(48)59(54(49)38-45)52-28-14-16-30-57(52)62(46-22-8-3-9-23-46)58-31-17-15-29-53(58)59/h1-40,56H,60H2/b55-39-,61-40?. The molecule has 2 aliphatic rings. The van der Waals surface area contributed by atoms with Gasteiger partial charge in [-0.1, -0.05) is 200 Å². The van der Waals surface area contributed by atoms with Crippen LogP contribution in [0.5, 0.6) is 0 Å². The fourth-order valence-corrected chi connectivity index (χ4v) is 9.82. The zero-order valence-corrected chi connectivity index (χ0v) is 34.1. The van der Waals surface area contributed by atoms with Crippen LogP contribution in [0.25, 0.3) is 39.1 Å². The van der Waals surface area contributed by atoms with E-state index in [-0.39, 0.29) is 6.04 Å². The van der Waals surface area contributed by atoms with Crippen molar-refractivity contribution in [3.8, 4) is 33.4 Å². The summed E-state index contributed by atoms with van der Waals surface area (Å²) >= 11 is 0. The normalized spacial score (nSPS) is 13.9. The maximum atomic E-state index is 7.02. The van der Waals surface area contributed by atoms with Crippen LogP contribution >= 0.6 is 0 Å². The Bertz CT molecular complexity index is 3080. The lowest BCUT2D eigenvalue weighted by Gasteiger charge is -2.45. The van der Waals surface area contributed by atoms with Gasteiger partial charge in [0, 0.05) is 17.6 Å². The van der Waals surface area contributed by atoms with Crippen molar-refractivity contribution in [3.63, 3.8) is 0 Å². The first-order chi connectivity index (χ1) is 30.7. The van der Waals surface area contributed by atoms with E-state index in [1.165, 1.54) is 50.3 Å². The van der Waals surface area contributed by atoms with Crippen LogP contribution in [0, 0.1) is 0 Å². The maximum Gasteiger partial charge on any atom is 0.0959 e. The average molecular weight is 794 g/mol. The molecule has 0 radical (unpaired) electrons. The number of rotatable bonds is 8. The minimum Gasteiger partial charge on any atom is -0.398 e. The number of hydrogen-bond acceptors (Lipinski definition) is 3. The molecule has 11 rings (SSSR count). The largest absolute Gasteiger partial charge is 0.398 e. The molecule has 1 heterocycles. The van der Waals surface area contributed by atoms with Gasteiger partial charge in [-0.2, -0.15) is 0 Å². The first-order valence-electron chi connectivity index (χ1n) is 21.3. The van der Waals surface area contributed by atoms with E-state index in [1.807, 2.05) is 30.5 Å². The first kappa shape index (κ1) is 37.0. The number of nitrogens with two attached hydrogens (primary N) is 1. The highest BCUT2D eigenvalue weighted by atomic mass is 15.2. The van der Waals surface area contributed by atoms with Crippen LogP contribution in [-0.2, 0) is 5.41 Å². The molecule has 1 aliphatic heterocycles. The molecular weight excluding hydrogens is 751 g/mol. The number of hydrogen-bond donors (Lipinski definition) is 1. The molecule has 2 N–H and O–H groups in total. The van der Waals surface area contributed by atoms with Gasteiger partial charge in [0.05, 0.1) is 22.8 Å². The summed E-state index contributed by atoms with van der Waals surface area (Å²) in [6.45, 7) is 0. The van der Waals surface area contributed by atoms with Crippen molar-refractivity contribution in [2.24, 2.45) is 10.7 Å². The van der Waals surface area contributed by atoms with Crippen molar-refractivity contribution >= 4 is 29.0 Å². The zero-order chi connectivity index (χ0) is 41.5. The quantitative estimate of drug-likeness (QED) is 0.156. The molecule has 294 valence electrons. The van der Waals surface area contributed by atoms with Gasteiger partial charge in [0.15, 0.2) is 0 Å². The Kier molecular flexibility index (Phi) is 9.28. The third-order valence-electron chi connectivity index (χ3n) is 12.6. The maximum absolute atomic E-state index is 7.02. The topological polar surface area (TPSA) is 41.6 Å². The summed E-state index contributed by atoms with van der Waals surface area (Å²) in [6, 6.07) is 82.3. The summed E-state index contributed by atoms with van der Waals surface area (Å²) < 4.78 is 0. The summed E-state index contributed by atoms with van der Waals surface area (Å²) in [4.78, 5) is 7.71. The number of fused-ring (bicyclic) bond motifs is 9. The van der Waals surface area contributed by atoms with Crippen LogP contribution in [0.15, 0.2) is 242 Å². The molecule has 0 amide bonds. The second kappa shape index (κ2) is 15.5. The first-order valence-corrected chi connectivity index (χ1v) is 21.3. The minimum atomic E-state index is -0.559. The summed E-state index contributed by atoms with van der Waals surface area (Å²) in [5.41, 5.74) is 25.9. The van der Waals surface area contributed by atoms with Gasteiger partial charge in [0.25, 0.3) is 0 Å². The van der Waals surface area contributed by atoms with E-state index in [2.05, 4.69) is 217 Å². The molecular formula is C59H43N3. The summed E-state index contributed by atoms with van der Waals surface area (Å²) in [7, 11) is 0. The molecule has 1 unspecified atom stereocenters. The van der Waals surface area contributed by atoms with E-state index >= 15 is 0 Å². The van der Waals surface area contributed by atoms with Gasteiger partial charge in [0.2, 0.25) is 0 Å². The predicted octanol–water partition coefficient (Wildman–Crippen LogP) is 14.3. The molecule has 1 aliphatic carbocycles. The molecule has 1 atom stereocenters. The Labute approximate surface area is 363 Å². The Hall–Kier alpha value is -8.01. The Morgan fingerprint density at radius 3 is 1.66 bits per heavy atom. The lowest BCUT2D eigenvalue weighted by atomic mass is 9.64. The fraction of sp³-hybridized carbons (Fsp3) is 0.0339. The SMILES string of the molecule is N/C(=C\C(N=Cc1ccccc1)c1ccccc1-c1ccc2c(c1)C1(c3ccccc3-2)c2ccccc2N(c2ccccc2)c2ccccc21)c1ccc(-c2ccccc2)cc1. The van der Waals surface area contributed by atoms with Crippen molar-refractivity contribution in [1.29, 1.82) is 0 Å². The van der Waals surface area contributed by atoms with Crippen LogP contribution < -0.4 is 10.6 Å². The van der Waals surface area contributed by atoms with Gasteiger partial charge in [-0.25, -0.2) is 0 Å². The van der Waals surface area contributed by atoms with E-state index in [0.717, 1.165) is 39.1 Å². The third-order valence-corrected chi connectivity index (χ3v) is 12.6. The number of anilines is 3. The van der Waals surface area contributed by atoms with Crippen LogP contribution in [0.3, 0.4) is 0 Å². The van der Waals surface area contributed by atoms with Crippen LogP contribution in [-0.4, -0.2) is 6.21 Å². The van der Waals surface area contributed by atoms with E-state index < -0.39 is 5.41 Å². The van der Waals surface area contributed by atoms with E-state index in [1.54, 1.807) is 0 Å². The Morgan fingerprint density at radius 2 is 0.968 bits per heavy atom. The molecule has 0 aromatic heterocycles. The van der Waals surface area contributed by atoms with Crippen molar-refractivity contribution in [3.05, 3.63) is 276 Å². The Balaban J connectivity index is 1.08. The molecule has 9 aromatic rings. The molecule has 0 saturated carbocycles. The molecule has 1 spiro atoms. The van der Waals surface area contributed by atoms with Crippen LogP contribution in [0.2, 0.25) is 0 Å². The highest BCUT2D eigenvalue weighted by molar-refractivity contribution is 5.96. The lowest BCUT2D eigenvalue weighted by Crippen LogP contribution is -2.36. The molecule has 9 aromatic carbocycles.